The molecule has 0 aromatic heterocycles. The lowest BCUT2D eigenvalue weighted by Gasteiger charge is -2.12. The summed E-state index contributed by atoms with van der Waals surface area (Å²) >= 11 is 0. The Kier molecular flexibility index (Phi) is 2.64. The van der Waals surface area contributed by atoms with E-state index in [1.54, 1.807) is 0 Å². The van der Waals surface area contributed by atoms with Crippen LogP contribution < -0.4 is 0 Å². The first-order chi connectivity index (χ1) is 5.91. The number of halogens is 3. The summed E-state index contributed by atoms with van der Waals surface area (Å²) in [6.07, 6.45) is -0.811. The van der Waals surface area contributed by atoms with Crippen LogP contribution in [0.3, 0.4) is 0 Å². The molecule has 0 N–H and O–H groups in total. The molecule has 1 atom stereocenters. The highest BCUT2D eigenvalue weighted by molar-refractivity contribution is 6.13. The van der Waals surface area contributed by atoms with Crippen LogP contribution in [0, 0.1) is 0 Å². The molecule has 0 aliphatic heterocycles. The molecule has 5 heteroatoms. The molecule has 13 heavy (non-hydrogen) atoms. The molecule has 2 radical (unpaired) electrons. The first-order valence-electron chi connectivity index (χ1n) is 3.66. The number of carbonyl (C=O) groups excluding carboxylic acids is 1. The number of rotatable bonds is 1. The highest BCUT2D eigenvalue weighted by atomic mass is 19.4. The van der Waals surface area contributed by atoms with Gasteiger partial charge in [-0.15, -0.1) is 0 Å². The summed E-state index contributed by atoms with van der Waals surface area (Å²) in [5.41, 5.74) is -0.325. The predicted octanol–water partition coefficient (Wildman–Crippen LogP) is 1.96. The maximum Gasteiger partial charge on any atom is 0.454 e. The second-order valence-corrected chi connectivity index (χ2v) is 2.75. The van der Waals surface area contributed by atoms with Gasteiger partial charge in [0.1, 0.15) is 0 Å². The standard InChI is InChI=1S/C8H6BF3O/c9-6-3-1-5(2-4-6)7(13)8(10,11)12/h1-3,6H,4H2. The smallest absolute Gasteiger partial charge is 0.284 e. The van der Waals surface area contributed by atoms with E-state index in [1.165, 1.54) is 12.2 Å². The Bertz CT molecular complexity index is 278. The largest absolute Gasteiger partial charge is 0.454 e. The Labute approximate surface area is 74.7 Å². The Morgan fingerprint density at radius 1 is 1.54 bits per heavy atom. The summed E-state index contributed by atoms with van der Waals surface area (Å²) < 4.78 is 35.6. The molecule has 68 valence electrons. The number of hydrogen-bond acceptors (Lipinski definition) is 1. The zero-order chi connectivity index (χ0) is 10.1. The van der Waals surface area contributed by atoms with Gasteiger partial charge < -0.3 is 0 Å². The lowest BCUT2D eigenvalue weighted by Crippen LogP contribution is -2.24. The highest BCUT2D eigenvalue weighted by Gasteiger charge is 2.39. The second-order valence-electron chi connectivity index (χ2n) is 2.75. The van der Waals surface area contributed by atoms with Crippen LogP contribution in [-0.4, -0.2) is 19.8 Å². The molecule has 1 unspecified atom stereocenters. The van der Waals surface area contributed by atoms with E-state index in [4.69, 9.17) is 7.85 Å². The molecule has 0 fully saturated rings. The van der Waals surface area contributed by atoms with Crippen LogP contribution in [0.5, 0.6) is 0 Å². The van der Waals surface area contributed by atoms with E-state index < -0.39 is 12.0 Å². The van der Waals surface area contributed by atoms with Gasteiger partial charge in [-0.25, -0.2) is 0 Å². The van der Waals surface area contributed by atoms with Gasteiger partial charge >= 0.3 is 6.18 Å². The minimum Gasteiger partial charge on any atom is -0.284 e. The molecular formula is C8H6BF3O. The van der Waals surface area contributed by atoms with Gasteiger partial charge in [0.25, 0.3) is 5.78 Å². The fourth-order valence-corrected chi connectivity index (χ4v) is 0.969. The molecule has 0 aromatic rings. The van der Waals surface area contributed by atoms with Gasteiger partial charge in [0, 0.05) is 5.57 Å². The van der Waals surface area contributed by atoms with Crippen molar-refractivity contribution in [3.63, 3.8) is 0 Å². The van der Waals surface area contributed by atoms with E-state index in [0.29, 0.717) is 0 Å². The van der Waals surface area contributed by atoms with Gasteiger partial charge in [-0.3, -0.25) is 4.79 Å². The van der Waals surface area contributed by atoms with Crippen LogP contribution in [-0.2, 0) is 4.79 Å². The first kappa shape index (κ1) is 10.1. The normalized spacial score (nSPS) is 22.7. The van der Waals surface area contributed by atoms with E-state index in [-0.39, 0.29) is 17.8 Å². The quantitative estimate of drug-likeness (QED) is 0.572. The molecule has 0 heterocycles. The summed E-state index contributed by atoms with van der Waals surface area (Å²) in [4.78, 5) is 10.6. The van der Waals surface area contributed by atoms with Crippen molar-refractivity contribution in [3.05, 3.63) is 23.8 Å². The maximum absolute atomic E-state index is 11.9. The Balaban J connectivity index is 2.76. The lowest BCUT2D eigenvalue weighted by atomic mass is 9.80. The van der Waals surface area contributed by atoms with Gasteiger partial charge in [-0.1, -0.05) is 24.0 Å². The molecule has 1 rings (SSSR count). The zero-order valence-electron chi connectivity index (χ0n) is 6.64. The third-order valence-corrected chi connectivity index (χ3v) is 1.65. The summed E-state index contributed by atoms with van der Waals surface area (Å²) in [7, 11) is 5.38. The molecule has 0 bridgehead atoms. The lowest BCUT2D eigenvalue weighted by molar-refractivity contribution is -0.166. The van der Waals surface area contributed by atoms with E-state index in [9.17, 15) is 18.0 Å². The van der Waals surface area contributed by atoms with Crippen LogP contribution in [0.15, 0.2) is 23.8 Å². The molecule has 1 nitrogen and oxygen atoms in total. The fourth-order valence-electron chi connectivity index (χ4n) is 0.969. The third-order valence-electron chi connectivity index (χ3n) is 1.65. The monoisotopic (exact) mass is 186 g/mol. The van der Waals surface area contributed by atoms with Crippen molar-refractivity contribution in [2.75, 3.05) is 0 Å². The van der Waals surface area contributed by atoms with Crippen molar-refractivity contribution < 1.29 is 18.0 Å². The summed E-state index contributed by atoms with van der Waals surface area (Å²) in [6, 6.07) is 0. The Morgan fingerprint density at radius 2 is 2.15 bits per heavy atom. The zero-order valence-corrected chi connectivity index (χ0v) is 6.64. The van der Waals surface area contributed by atoms with Crippen molar-refractivity contribution in [3.8, 4) is 0 Å². The molecule has 1 aliphatic carbocycles. The molecular weight excluding hydrogens is 180 g/mol. The predicted molar refractivity (Wildman–Crippen MR) is 42.4 cm³/mol. The van der Waals surface area contributed by atoms with E-state index in [0.717, 1.165) is 6.08 Å². The van der Waals surface area contributed by atoms with Crippen LogP contribution in [0.1, 0.15) is 6.42 Å². The average Bonchev–Trinajstić information content (AvgIpc) is 2.03. The number of Topliss-reactive ketones (excluding diaryl/α,β-unsaturated/α-hetero) is 1. The third kappa shape index (κ3) is 2.47. The fraction of sp³-hybridized carbons (Fsp3) is 0.375. The molecule has 0 amide bonds. The van der Waals surface area contributed by atoms with Gasteiger partial charge in [-0.2, -0.15) is 13.2 Å². The number of carbonyl (C=O) groups is 1. The first-order valence-corrected chi connectivity index (χ1v) is 3.66. The maximum atomic E-state index is 11.9. The average molecular weight is 186 g/mol. The summed E-state index contributed by atoms with van der Waals surface area (Å²) in [6.45, 7) is 0. The van der Waals surface area contributed by atoms with Crippen molar-refractivity contribution in [1.29, 1.82) is 0 Å². The minimum absolute atomic E-state index is 0.271. The van der Waals surface area contributed by atoms with Gasteiger partial charge in [-0.05, 0) is 6.42 Å². The molecule has 0 spiro atoms. The van der Waals surface area contributed by atoms with Crippen LogP contribution in [0.4, 0.5) is 13.2 Å². The van der Waals surface area contributed by atoms with Crippen molar-refractivity contribution in [1.82, 2.24) is 0 Å². The van der Waals surface area contributed by atoms with Crippen molar-refractivity contribution in [2.24, 2.45) is 0 Å². The minimum atomic E-state index is -4.79. The number of alkyl halides is 3. The highest BCUT2D eigenvalue weighted by Crippen LogP contribution is 2.25. The van der Waals surface area contributed by atoms with Gasteiger partial charge in [0.15, 0.2) is 0 Å². The van der Waals surface area contributed by atoms with Crippen LogP contribution in [0.25, 0.3) is 0 Å². The van der Waals surface area contributed by atoms with Gasteiger partial charge in [0.05, 0.1) is 7.85 Å². The van der Waals surface area contributed by atoms with E-state index in [2.05, 4.69) is 0 Å². The second kappa shape index (κ2) is 3.40. The van der Waals surface area contributed by atoms with Crippen LogP contribution in [0.2, 0.25) is 5.82 Å². The summed E-state index contributed by atoms with van der Waals surface area (Å²) in [5, 5.41) is 0. The molecule has 0 saturated heterocycles. The van der Waals surface area contributed by atoms with E-state index >= 15 is 0 Å². The Hall–Kier alpha value is -0.995. The Morgan fingerprint density at radius 3 is 2.54 bits per heavy atom. The SMILES string of the molecule is [B]C1C=CC(C(=O)C(F)(F)F)=CC1. The molecule has 0 saturated carbocycles. The van der Waals surface area contributed by atoms with E-state index in [1.807, 2.05) is 0 Å². The van der Waals surface area contributed by atoms with Gasteiger partial charge in [0.2, 0.25) is 0 Å². The van der Waals surface area contributed by atoms with Crippen molar-refractivity contribution >= 4 is 13.6 Å². The molecule has 0 aromatic carbocycles. The number of ketones is 1. The number of allylic oxidation sites excluding steroid dienone is 4. The topological polar surface area (TPSA) is 17.1 Å². The number of hydrogen-bond donors (Lipinski definition) is 0. The summed E-state index contributed by atoms with van der Waals surface area (Å²) in [5.74, 6) is -2.10. The van der Waals surface area contributed by atoms with Crippen molar-refractivity contribution in [2.45, 2.75) is 18.4 Å². The molecule has 1 aliphatic rings. The van der Waals surface area contributed by atoms with Crippen LogP contribution >= 0.6 is 0 Å².